The third kappa shape index (κ3) is 3.45. The Hall–Kier alpha value is -1.59. The molecule has 1 aliphatic heterocycles. The quantitative estimate of drug-likeness (QED) is 0.419. The summed E-state index contributed by atoms with van der Waals surface area (Å²) in [6.45, 7) is 4.33. The van der Waals surface area contributed by atoms with Gasteiger partial charge in [0.05, 0.1) is 13.2 Å². The predicted octanol–water partition coefficient (Wildman–Crippen LogP) is 1.13. The number of unbranched alkanes of at least 4 members (excludes halogenated alkanes) is 1. The minimum atomic E-state index is -1.13. The summed E-state index contributed by atoms with van der Waals surface area (Å²) in [6.07, 6.45) is 1.23. The largest absolute Gasteiger partial charge is 0.464 e. The Labute approximate surface area is 106 Å². The summed E-state index contributed by atoms with van der Waals surface area (Å²) in [5.74, 6) is -0.965. The molecule has 6 nitrogen and oxygen atoms in total. The van der Waals surface area contributed by atoms with Gasteiger partial charge in [0.2, 0.25) is 0 Å². The maximum absolute atomic E-state index is 11.7. The topological polar surface area (TPSA) is 72.9 Å². The van der Waals surface area contributed by atoms with Crippen LogP contribution in [0.3, 0.4) is 0 Å². The molecule has 0 saturated carbocycles. The highest BCUT2D eigenvalue weighted by molar-refractivity contribution is 6.07. The number of nitrogens with zero attached hydrogens (tertiary/aromatic N) is 1. The van der Waals surface area contributed by atoms with E-state index in [0.717, 1.165) is 17.7 Å². The van der Waals surface area contributed by atoms with Gasteiger partial charge >= 0.3 is 12.1 Å². The minimum Gasteiger partial charge on any atom is -0.464 e. The molecule has 0 aromatic carbocycles. The summed E-state index contributed by atoms with van der Waals surface area (Å²) in [4.78, 5) is 36.1. The van der Waals surface area contributed by atoms with Crippen molar-refractivity contribution in [3.05, 3.63) is 0 Å². The molecule has 0 bridgehead atoms. The third-order valence-electron chi connectivity index (χ3n) is 2.68. The standard InChI is InChI=1S/C12H19NO5/c1-3-5-8-18-12(16)13-7-6-9(14)10(13)11(15)17-4-2/h10H,3-8H2,1-2H3/t10-/m0/s1. The van der Waals surface area contributed by atoms with E-state index in [-0.39, 0.29) is 25.4 Å². The Kier molecular flexibility index (Phi) is 5.61. The fourth-order valence-electron chi connectivity index (χ4n) is 1.73. The van der Waals surface area contributed by atoms with Crippen LogP contribution in [-0.2, 0) is 19.1 Å². The first-order valence-electron chi connectivity index (χ1n) is 6.24. The second-order valence-electron chi connectivity index (χ2n) is 4.03. The van der Waals surface area contributed by atoms with Crippen molar-refractivity contribution in [1.29, 1.82) is 0 Å². The van der Waals surface area contributed by atoms with Gasteiger partial charge in [-0.3, -0.25) is 9.69 Å². The number of rotatable bonds is 5. The first kappa shape index (κ1) is 14.5. The van der Waals surface area contributed by atoms with Crippen molar-refractivity contribution in [2.75, 3.05) is 19.8 Å². The smallest absolute Gasteiger partial charge is 0.410 e. The Morgan fingerprint density at radius 1 is 1.33 bits per heavy atom. The van der Waals surface area contributed by atoms with Crippen molar-refractivity contribution in [2.24, 2.45) is 0 Å². The summed E-state index contributed by atoms with van der Waals surface area (Å²) in [5.41, 5.74) is 0. The summed E-state index contributed by atoms with van der Waals surface area (Å²) in [6, 6.07) is -1.13. The van der Waals surface area contributed by atoms with E-state index in [1.54, 1.807) is 6.92 Å². The van der Waals surface area contributed by atoms with E-state index in [1.807, 2.05) is 6.92 Å². The van der Waals surface area contributed by atoms with Gasteiger partial charge in [0.25, 0.3) is 0 Å². The maximum atomic E-state index is 11.7. The number of carbonyl (C=O) groups is 3. The number of ether oxygens (including phenoxy) is 2. The van der Waals surface area contributed by atoms with Crippen molar-refractivity contribution in [1.82, 2.24) is 4.90 Å². The van der Waals surface area contributed by atoms with Crippen LogP contribution in [0, 0.1) is 0 Å². The van der Waals surface area contributed by atoms with Crippen LogP contribution >= 0.6 is 0 Å². The summed E-state index contributed by atoms with van der Waals surface area (Å²) < 4.78 is 9.79. The number of ketones is 1. The first-order chi connectivity index (χ1) is 8.61. The van der Waals surface area contributed by atoms with Crippen molar-refractivity contribution < 1.29 is 23.9 Å². The third-order valence-corrected chi connectivity index (χ3v) is 2.68. The van der Waals surface area contributed by atoms with E-state index in [2.05, 4.69) is 0 Å². The highest BCUT2D eigenvalue weighted by Crippen LogP contribution is 2.16. The normalized spacial score (nSPS) is 18.9. The van der Waals surface area contributed by atoms with E-state index in [1.165, 1.54) is 0 Å². The fourth-order valence-corrected chi connectivity index (χ4v) is 1.73. The number of hydrogen-bond acceptors (Lipinski definition) is 5. The minimum absolute atomic E-state index is 0.173. The zero-order valence-corrected chi connectivity index (χ0v) is 10.8. The van der Waals surface area contributed by atoms with Gasteiger partial charge in [-0.25, -0.2) is 9.59 Å². The molecule has 1 saturated heterocycles. The molecular formula is C12H19NO5. The van der Waals surface area contributed by atoms with Crippen molar-refractivity contribution in [2.45, 2.75) is 39.2 Å². The molecule has 0 aromatic heterocycles. The molecule has 0 N–H and O–H groups in total. The molecule has 18 heavy (non-hydrogen) atoms. The first-order valence-corrected chi connectivity index (χ1v) is 6.24. The Morgan fingerprint density at radius 2 is 2.06 bits per heavy atom. The van der Waals surface area contributed by atoms with E-state index < -0.39 is 18.1 Å². The zero-order chi connectivity index (χ0) is 13.5. The maximum Gasteiger partial charge on any atom is 0.410 e. The molecule has 1 heterocycles. The molecule has 1 aliphatic rings. The Bertz CT molecular complexity index is 328. The van der Waals surface area contributed by atoms with Crippen LogP contribution < -0.4 is 0 Å². The number of carbonyl (C=O) groups excluding carboxylic acids is 3. The van der Waals surface area contributed by atoms with E-state index >= 15 is 0 Å². The van der Waals surface area contributed by atoms with Crippen LogP contribution in [0.2, 0.25) is 0 Å². The fraction of sp³-hybridized carbons (Fsp3) is 0.750. The van der Waals surface area contributed by atoms with Gasteiger partial charge in [-0.05, 0) is 13.3 Å². The van der Waals surface area contributed by atoms with Crippen molar-refractivity contribution in [3.63, 3.8) is 0 Å². The number of esters is 1. The summed E-state index contributed by atoms with van der Waals surface area (Å²) in [7, 11) is 0. The molecule has 102 valence electrons. The molecule has 1 rings (SSSR count). The van der Waals surface area contributed by atoms with Gasteiger partial charge in [-0.15, -0.1) is 0 Å². The number of amides is 1. The van der Waals surface area contributed by atoms with E-state index in [9.17, 15) is 14.4 Å². The van der Waals surface area contributed by atoms with Crippen LogP contribution in [0.15, 0.2) is 0 Å². The van der Waals surface area contributed by atoms with Gasteiger partial charge in [0, 0.05) is 13.0 Å². The second-order valence-corrected chi connectivity index (χ2v) is 4.03. The molecule has 0 aliphatic carbocycles. The average Bonchev–Trinajstić information content (AvgIpc) is 2.71. The average molecular weight is 257 g/mol. The number of Topliss-reactive ketones (excluding diaryl/α,β-unsaturated/α-hetero) is 1. The van der Waals surface area contributed by atoms with Crippen LogP contribution in [0.25, 0.3) is 0 Å². The lowest BCUT2D eigenvalue weighted by atomic mass is 10.2. The van der Waals surface area contributed by atoms with Gasteiger partial charge in [0.15, 0.2) is 11.8 Å². The molecular weight excluding hydrogens is 238 g/mol. The summed E-state index contributed by atoms with van der Waals surface area (Å²) in [5, 5.41) is 0. The molecule has 0 radical (unpaired) electrons. The van der Waals surface area contributed by atoms with Crippen LogP contribution in [0.4, 0.5) is 4.79 Å². The monoisotopic (exact) mass is 257 g/mol. The Balaban J connectivity index is 2.60. The SMILES string of the molecule is CCCCOC(=O)N1CCC(=O)[C@H]1C(=O)OCC. The molecule has 0 unspecified atom stereocenters. The lowest BCUT2D eigenvalue weighted by molar-refractivity contribution is -0.150. The molecule has 1 atom stereocenters. The lowest BCUT2D eigenvalue weighted by Crippen LogP contribution is -2.44. The van der Waals surface area contributed by atoms with E-state index in [4.69, 9.17) is 9.47 Å². The van der Waals surface area contributed by atoms with Crippen LogP contribution in [0.1, 0.15) is 33.1 Å². The lowest BCUT2D eigenvalue weighted by Gasteiger charge is -2.21. The molecule has 0 aromatic rings. The van der Waals surface area contributed by atoms with Crippen LogP contribution in [0.5, 0.6) is 0 Å². The zero-order valence-electron chi connectivity index (χ0n) is 10.8. The predicted molar refractivity (Wildman–Crippen MR) is 63.0 cm³/mol. The van der Waals surface area contributed by atoms with Crippen LogP contribution in [-0.4, -0.2) is 48.5 Å². The second kappa shape index (κ2) is 6.98. The Morgan fingerprint density at radius 3 is 2.67 bits per heavy atom. The van der Waals surface area contributed by atoms with Gasteiger partial charge in [-0.2, -0.15) is 0 Å². The molecule has 0 spiro atoms. The highest BCUT2D eigenvalue weighted by atomic mass is 16.6. The van der Waals surface area contributed by atoms with Gasteiger partial charge in [0.1, 0.15) is 0 Å². The molecule has 1 amide bonds. The number of hydrogen-bond donors (Lipinski definition) is 0. The van der Waals surface area contributed by atoms with Gasteiger partial charge < -0.3 is 9.47 Å². The molecule has 6 heteroatoms. The van der Waals surface area contributed by atoms with Crippen molar-refractivity contribution >= 4 is 17.8 Å². The summed E-state index contributed by atoms with van der Waals surface area (Å²) >= 11 is 0. The molecule has 1 fully saturated rings. The van der Waals surface area contributed by atoms with Crippen molar-refractivity contribution in [3.8, 4) is 0 Å². The van der Waals surface area contributed by atoms with Gasteiger partial charge in [-0.1, -0.05) is 13.3 Å². The van der Waals surface area contributed by atoms with E-state index in [0.29, 0.717) is 6.61 Å². The number of likely N-dealkylation sites (tertiary alicyclic amines) is 1. The highest BCUT2D eigenvalue weighted by Gasteiger charge is 2.42.